The van der Waals surface area contributed by atoms with Crippen LogP contribution in [0.4, 0.5) is 0 Å². The van der Waals surface area contributed by atoms with Gasteiger partial charge in [0.25, 0.3) is 0 Å². The van der Waals surface area contributed by atoms with Crippen LogP contribution in [0.2, 0.25) is 0 Å². The van der Waals surface area contributed by atoms with Gasteiger partial charge in [-0.3, -0.25) is 0 Å². The fraction of sp³-hybridized carbons (Fsp3) is 0.294. The van der Waals surface area contributed by atoms with Crippen molar-refractivity contribution in [1.82, 2.24) is 0 Å². The van der Waals surface area contributed by atoms with Crippen LogP contribution in [0, 0.1) is 12.3 Å². The predicted molar refractivity (Wildman–Crippen MR) is 78.1 cm³/mol. The Labute approximate surface area is 114 Å². The molecule has 0 aliphatic carbocycles. The van der Waals surface area contributed by atoms with Crippen LogP contribution in [0.5, 0.6) is 5.75 Å². The summed E-state index contributed by atoms with van der Waals surface area (Å²) in [4.78, 5) is 0. The first-order valence-corrected chi connectivity index (χ1v) is 6.45. The Kier molecular flexibility index (Phi) is 4.43. The highest BCUT2D eigenvalue weighted by Gasteiger charge is 2.12. The van der Waals surface area contributed by atoms with Crippen LogP contribution in [0.1, 0.15) is 30.9 Å². The van der Waals surface area contributed by atoms with E-state index in [0.29, 0.717) is 12.8 Å². The summed E-state index contributed by atoms with van der Waals surface area (Å²) in [5.41, 5.74) is 0.938. The number of hydrogen-bond donors (Lipinski definition) is 1. The number of ether oxygens (including phenoxy) is 1. The number of terminal acetylenes is 1. The molecule has 2 heteroatoms. The first-order chi connectivity index (χ1) is 9.27. The van der Waals surface area contributed by atoms with Crippen LogP contribution in [0.25, 0.3) is 10.8 Å². The molecule has 0 fully saturated rings. The summed E-state index contributed by atoms with van der Waals surface area (Å²) in [5.74, 6) is 3.43. The molecule has 2 nitrogen and oxygen atoms in total. The Balaban J connectivity index is 2.36. The molecule has 1 unspecified atom stereocenters. The minimum Gasteiger partial charge on any atom is -0.496 e. The van der Waals surface area contributed by atoms with Crippen LogP contribution < -0.4 is 4.74 Å². The summed E-state index contributed by atoms with van der Waals surface area (Å²) < 4.78 is 5.35. The van der Waals surface area contributed by atoms with Gasteiger partial charge in [0, 0.05) is 11.8 Å². The van der Waals surface area contributed by atoms with Crippen molar-refractivity contribution in [3.05, 3.63) is 42.0 Å². The fourth-order valence-corrected chi connectivity index (χ4v) is 2.32. The topological polar surface area (TPSA) is 29.5 Å². The lowest BCUT2D eigenvalue weighted by Crippen LogP contribution is -1.99. The summed E-state index contributed by atoms with van der Waals surface area (Å²) >= 11 is 0. The standard InChI is InChI=1S/C17H18O2/c1-3-4-5-10-16(18)14-11-12-17(19-2)15-9-7-6-8-13(14)15/h1,6-9,11-12,16,18H,4-5,10H2,2H3. The largest absolute Gasteiger partial charge is 0.496 e. The average Bonchev–Trinajstić information content (AvgIpc) is 2.46. The van der Waals surface area contributed by atoms with E-state index < -0.39 is 6.10 Å². The Morgan fingerprint density at radius 2 is 1.95 bits per heavy atom. The summed E-state index contributed by atoms with van der Waals surface area (Å²) in [6.07, 6.45) is 6.96. The van der Waals surface area contributed by atoms with Gasteiger partial charge in [-0.2, -0.15) is 0 Å². The third kappa shape index (κ3) is 2.89. The molecule has 0 heterocycles. The van der Waals surface area contributed by atoms with Crippen molar-refractivity contribution in [2.45, 2.75) is 25.4 Å². The number of aliphatic hydroxyl groups is 1. The Hall–Kier alpha value is -1.98. The van der Waals surface area contributed by atoms with E-state index in [2.05, 4.69) is 5.92 Å². The minimum atomic E-state index is -0.482. The van der Waals surface area contributed by atoms with Crippen molar-refractivity contribution in [3.8, 4) is 18.1 Å². The summed E-state index contributed by atoms with van der Waals surface area (Å²) in [6.45, 7) is 0. The van der Waals surface area contributed by atoms with Crippen molar-refractivity contribution < 1.29 is 9.84 Å². The summed E-state index contributed by atoms with van der Waals surface area (Å²) in [7, 11) is 1.66. The zero-order chi connectivity index (χ0) is 13.7. The Bertz CT molecular complexity index is 596. The monoisotopic (exact) mass is 254 g/mol. The third-order valence-corrected chi connectivity index (χ3v) is 3.30. The van der Waals surface area contributed by atoms with E-state index in [1.807, 2.05) is 36.4 Å². The first kappa shape index (κ1) is 13.5. The molecule has 0 aliphatic heterocycles. The predicted octanol–water partition coefficient (Wildman–Crippen LogP) is 3.69. The SMILES string of the molecule is C#CCCCC(O)c1ccc(OC)c2ccccc12. The zero-order valence-electron chi connectivity index (χ0n) is 11.1. The molecular weight excluding hydrogens is 236 g/mol. The molecule has 0 bridgehead atoms. The van der Waals surface area contributed by atoms with Crippen molar-refractivity contribution >= 4 is 10.8 Å². The molecule has 0 aromatic heterocycles. The van der Waals surface area contributed by atoms with Crippen molar-refractivity contribution in [3.63, 3.8) is 0 Å². The molecule has 2 rings (SSSR count). The quantitative estimate of drug-likeness (QED) is 0.651. The fourth-order valence-electron chi connectivity index (χ4n) is 2.32. The number of benzene rings is 2. The van der Waals surface area contributed by atoms with Gasteiger partial charge in [0.1, 0.15) is 5.75 Å². The van der Waals surface area contributed by atoms with Gasteiger partial charge >= 0.3 is 0 Å². The minimum absolute atomic E-state index is 0.482. The number of unbranched alkanes of at least 4 members (excludes halogenated alkanes) is 1. The molecular formula is C17H18O2. The average molecular weight is 254 g/mol. The van der Waals surface area contributed by atoms with E-state index >= 15 is 0 Å². The zero-order valence-corrected chi connectivity index (χ0v) is 11.1. The summed E-state index contributed by atoms with van der Waals surface area (Å²) in [5, 5.41) is 12.4. The molecule has 19 heavy (non-hydrogen) atoms. The van der Waals surface area contributed by atoms with Gasteiger partial charge in [0.15, 0.2) is 0 Å². The number of rotatable bonds is 5. The lowest BCUT2D eigenvalue weighted by molar-refractivity contribution is 0.166. The van der Waals surface area contributed by atoms with Gasteiger partial charge in [-0.15, -0.1) is 12.3 Å². The van der Waals surface area contributed by atoms with Gasteiger partial charge in [-0.1, -0.05) is 30.3 Å². The molecule has 1 atom stereocenters. The van der Waals surface area contributed by atoms with E-state index in [0.717, 1.165) is 28.5 Å². The molecule has 98 valence electrons. The smallest absolute Gasteiger partial charge is 0.126 e. The third-order valence-electron chi connectivity index (χ3n) is 3.30. The highest BCUT2D eigenvalue weighted by molar-refractivity contribution is 5.91. The highest BCUT2D eigenvalue weighted by Crippen LogP contribution is 2.33. The lowest BCUT2D eigenvalue weighted by Gasteiger charge is -2.15. The van der Waals surface area contributed by atoms with Crippen molar-refractivity contribution in [2.24, 2.45) is 0 Å². The number of fused-ring (bicyclic) bond motifs is 1. The number of aliphatic hydroxyl groups excluding tert-OH is 1. The molecule has 0 radical (unpaired) electrons. The van der Waals surface area contributed by atoms with Crippen LogP contribution in [-0.4, -0.2) is 12.2 Å². The van der Waals surface area contributed by atoms with Gasteiger partial charge in [-0.05, 0) is 29.9 Å². The van der Waals surface area contributed by atoms with Crippen LogP contribution in [0.3, 0.4) is 0 Å². The van der Waals surface area contributed by atoms with Gasteiger partial charge < -0.3 is 9.84 Å². The number of hydrogen-bond acceptors (Lipinski definition) is 2. The second-order valence-corrected chi connectivity index (χ2v) is 4.51. The van der Waals surface area contributed by atoms with Crippen LogP contribution >= 0.6 is 0 Å². The number of methoxy groups -OCH3 is 1. The van der Waals surface area contributed by atoms with Crippen molar-refractivity contribution in [2.75, 3.05) is 7.11 Å². The van der Waals surface area contributed by atoms with Gasteiger partial charge in [-0.25, -0.2) is 0 Å². The molecule has 0 saturated carbocycles. The summed E-state index contributed by atoms with van der Waals surface area (Å²) in [6, 6.07) is 11.8. The maximum Gasteiger partial charge on any atom is 0.126 e. The molecule has 0 spiro atoms. The maximum atomic E-state index is 10.3. The van der Waals surface area contributed by atoms with E-state index in [9.17, 15) is 5.11 Å². The molecule has 2 aromatic rings. The van der Waals surface area contributed by atoms with Crippen molar-refractivity contribution in [1.29, 1.82) is 0 Å². The lowest BCUT2D eigenvalue weighted by atomic mass is 9.97. The maximum absolute atomic E-state index is 10.3. The van der Waals surface area contributed by atoms with Gasteiger partial charge in [0.2, 0.25) is 0 Å². The molecule has 0 saturated heterocycles. The highest BCUT2D eigenvalue weighted by atomic mass is 16.5. The Morgan fingerprint density at radius 3 is 2.63 bits per heavy atom. The van der Waals surface area contributed by atoms with E-state index in [-0.39, 0.29) is 0 Å². The van der Waals surface area contributed by atoms with E-state index in [1.54, 1.807) is 7.11 Å². The van der Waals surface area contributed by atoms with Crippen LogP contribution in [0.15, 0.2) is 36.4 Å². The molecule has 0 aliphatic rings. The second-order valence-electron chi connectivity index (χ2n) is 4.51. The van der Waals surface area contributed by atoms with Gasteiger partial charge in [0.05, 0.1) is 13.2 Å². The van der Waals surface area contributed by atoms with Crippen LogP contribution in [-0.2, 0) is 0 Å². The normalized spacial score (nSPS) is 12.1. The first-order valence-electron chi connectivity index (χ1n) is 6.45. The molecule has 2 aromatic carbocycles. The van der Waals surface area contributed by atoms with E-state index in [4.69, 9.17) is 11.2 Å². The second kappa shape index (κ2) is 6.26. The Morgan fingerprint density at radius 1 is 1.21 bits per heavy atom. The molecule has 0 amide bonds. The molecule has 1 N–H and O–H groups in total. The van der Waals surface area contributed by atoms with E-state index in [1.165, 1.54) is 0 Å².